The lowest BCUT2D eigenvalue weighted by molar-refractivity contribution is 0.139. The van der Waals surface area contributed by atoms with Gasteiger partial charge < -0.3 is 15.0 Å². The fourth-order valence-electron chi connectivity index (χ4n) is 2.44. The minimum atomic E-state index is 0.711. The van der Waals surface area contributed by atoms with E-state index in [0.29, 0.717) is 5.92 Å². The Labute approximate surface area is 109 Å². The van der Waals surface area contributed by atoms with Crippen LogP contribution in [-0.2, 0) is 4.74 Å². The second kappa shape index (κ2) is 6.59. The largest absolute Gasteiger partial charge is 0.384 e. The minimum absolute atomic E-state index is 0.711. The molecule has 1 aromatic heterocycles. The van der Waals surface area contributed by atoms with Crippen molar-refractivity contribution in [3.8, 4) is 0 Å². The first kappa shape index (κ1) is 13.1. The van der Waals surface area contributed by atoms with E-state index in [4.69, 9.17) is 4.74 Å². The normalized spacial score (nSPS) is 16.9. The SMILES string of the molecule is CCNc1cccc(N2CCC(COC)CC2)n1. The number of ether oxygens (including phenoxy) is 1. The predicted molar refractivity (Wildman–Crippen MR) is 75.2 cm³/mol. The number of pyridine rings is 1. The van der Waals surface area contributed by atoms with Crippen LogP contribution >= 0.6 is 0 Å². The van der Waals surface area contributed by atoms with Gasteiger partial charge in [-0.15, -0.1) is 0 Å². The second-order valence-corrected chi connectivity index (χ2v) is 4.80. The van der Waals surface area contributed by atoms with E-state index in [1.807, 2.05) is 6.07 Å². The van der Waals surface area contributed by atoms with Gasteiger partial charge in [-0.2, -0.15) is 0 Å². The number of piperidine rings is 1. The highest BCUT2D eigenvalue weighted by Gasteiger charge is 2.19. The van der Waals surface area contributed by atoms with Crippen LogP contribution in [-0.4, -0.2) is 38.3 Å². The van der Waals surface area contributed by atoms with Gasteiger partial charge in [0.25, 0.3) is 0 Å². The molecule has 4 heteroatoms. The first-order valence-corrected chi connectivity index (χ1v) is 6.78. The molecule has 0 atom stereocenters. The van der Waals surface area contributed by atoms with Gasteiger partial charge in [-0.25, -0.2) is 4.98 Å². The third kappa shape index (κ3) is 3.35. The van der Waals surface area contributed by atoms with Gasteiger partial charge in [0.2, 0.25) is 0 Å². The van der Waals surface area contributed by atoms with Crippen molar-refractivity contribution in [2.75, 3.05) is 43.6 Å². The lowest BCUT2D eigenvalue weighted by Gasteiger charge is -2.32. The smallest absolute Gasteiger partial charge is 0.130 e. The van der Waals surface area contributed by atoms with Crippen LogP contribution in [0, 0.1) is 5.92 Å². The summed E-state index contributed by atoms with van der Waals surface area (Å²) in [6, 6.07) is 6.18. The molecule has 0 bridgehead atoms. The molecular weight excluding hydrogens is 226 g/mol. The Hall–Kier alpha value is -1.29. The molecule has 0 unspecified atom stereocenters. The van der Waals surface area contributed by atoms with Crippen LogP contribution in [0.1, 0.15) is 19.8 Å². The summed E-state index contributed by atoms with van der Waals surface area (Å²) in [4.78, 5) is 7.01. The van der Waals surface area contributed by atoms with E-state index in [1.165, 1.54) is 12.8 Å². The fourth-order valence-corrected chi connectivity index (χ4v) is 2.44. The van der Waals surface area contributed by atoms with Crippen molar-refractivity contribution in [2.45, 2.75) is 19.8 Å². The Morgan fingerprint density at radius 3 is 2.83 bits per heavy atom. The monoisotopic (exact) mass is 249 g/mol. The number of hydrogen-bond donors (Lipinski definition) is 1. The summed E-state index contributed by atoms with van der Waals surface area (Å²) in [6.07, 6.45) is 2.39. The molecule has 1 aliphatic heterocycles. The number of nitrogens with one attached hydrogen (secondary N) is 1. The van der Waals surface area contributed by atoms with Crippen LogP contribution in [0.25, 0.3) is 0 Å². The third-order valence-electron chi connectivity index (χ3n) is 3.43. The lowest BCUT2D eigenvalue weighted by Crippen LogP contribution is -2.35. The molecule has 4 nitrogen and oxygen atoms in total. The standard InChI is InChI=1S/C14H23N3O/c1-3-15-13-5-4-6-14(16-13)17-9-7-12(8-10-17)11-18-2/h4-6,12H,3,7-11H2,1-2H3,(H,15,16). The van der Waals surface area contributed by atoms with E-state index < -0.39 is 0 Å². The highest BCUT2D eigenvalue weighted by atomic mass is 16.5. The van der Waals surface area contributed by atoms with Gasteiger partial charge in [-0.1, -0.05) is 6.07 Å². The molecule has 18 heavy (non-hydrogen) atoms. The van der Waals surface area contributed by atoms with E-state index in [0.717, 1.165) is 37.9 Å². The summed E-state index contributed by atoms with van der Waals surface area (Å²) in [7, 11) is 1.79. The van der Waals surface area contributed by atoms with E-state index >= 15 is 0 Å². The van der Waals surface area contributed by atoms with Crippen LogP contribution in [0.3, 0.4) is 0 Å². The quantitative estimate of drug-likeness (QED) is 0.869. The summed E-state index contributed by atoms with van der Waals surface area (Å²) in [5.41, 5.74) is 0. The summed E-state index contributed by atoms with van der Waals surface area (Å²) >= 11 is 0. The summed E-state index contributed by atoms with van der Waals surface area (Å²) in [5, 5.41) is 3.26. The Bertz CT molecular complexity index is 362. The third-order valence-corrected chi connectivity index (χ3v) is 3.43. The van der Waals surface area contributed by atoms with E-state index in [-0.39, 0.29) is 0 Å². The average Bonchev–Trinajstić information content (AvgIpc) is 2.41. The maximum absolute atomic E-state index is 5.23. The molecular formula is C14H23N3O. The Morgan fingerprint density at radius 1 is 1.39 bits per heavy atom. The highest BCUT2D eigenvalue weighted by Crippen LogP contribution is 2.22. The van der Waals surface area contributed by atoms with E-state index in [2.05, 4.69) is 34.3 Å². The summed E-state index contributed by atoms with van der Waals surface area (Å²) < 4.78 is 5.23. The Balaban J connectivity index is 1.94. The van der Waals surface area contributed by atoms with Gasteiger partial charge in [0, 0.05) is 33.4 Å². The van der Waals surface area contributed by atoms with Crippen molar-refractivity contribution in [1.29, 1.82) is 0 Å². The maximum atomic E-state index is 5.23. The highest BCUT2D eigenvalue weighted by molar-refractivity contribution is 5.47. The molecule has 0 amide bonds. The van der Waals surface area contributed by atoms with Crippen LogP contribution in [0.15, 0.2) is 18.2 Å². The van der Waals surface area contributed by atoms with Gasteiger partial charge >= 0.3 is 0 Å². The maximum Gasteiger partial charge on any atom is 0.130 e. The molecule has 2 rings (SSSR count). The van der Waals surface area contributed by atoms with Gasteiger partial charge in [-0.3, -0.25) is 0 Å². The number of nitrogens with zero attached hydrogens (tertiary/aromatic N) is 2. The minimum Gasteiger partial charge on any atom is -0.384 e. The number of hydrogen-bond acceptors (Lipinski definition) is 4. The fraction of sp³-hybridized carbons (Fsp3) is 0.643. The first-order valence-electron chi connectivity index (χ1n) is 6.78. The van der Waals surface area contributed by atoms with E-state index in [1.54, 1.807) is 7.11 Å². The molecule has 0 aromatic carbocycles. The molecule has 0 saturated carbocycles. The van der Waals surface area contributed by atoms with Gasteiger partial charge in [-0.05, 0) is 37.8 Å². The molecule has 1 aliphatic rings. The van der Waals surface area contributed by atoms with Gasteiger partial charge in [0.05, 0.1) is 0 Å². The molecule has 0 aliphatic carbocycles. The van der Waals surface area contributed by atoms with Crippen LogP contribution in [0.5, 0.6) is 0 Å². The van der Waals surface area contributed by atoms with Gasteiger partial charge in [0.15, 0.2) is 0 Å². The van der Waals surface area contributed by atoms with Crippen molar-refractivity contribution < 1.29 is 4.74 Å². The molecule has 0 radical (unpaired) electrons. The van der Waals surface area contributed by atoms with Gasteiger partial charge in [0.1, 0.15) is 11.6 Å². The summed E-state index contributed by atoms with van der Waals surface area (Å²) in [5.74, 6) is 2.77. The Kier molecular flexibility index (Phi) is 4.81. The second-order valence-electron chi connectivity index (χ2n) is 4.80. The van der Waals surface area contributed by atoms with Crippen molar-refractivity contribution in [3.63, 3.8) is 0 Å². The lowest BCUT2D eigenvalue weighted by atomic mass is 9.98. The number of rotatable bonds is 5. The van der Waals surface area contributed by atoms with Crippen LogP contribution in [0.2, 0.25) is 0 Å². The first-order chi connectivity index (χ1) is 8.83. The molecule has 0 spiro atoms. The molecule has 1 fully saturated rings. The molecule has 1 saturated heterocycles. The predicted octanol–water partition coefficient (Wildman–Crippen LogP) is 2.38. The zero-order valence-corrected chi connectivity index (χ0v) is 11.4. The number of methoxy groups -OCH3 is 1. The summed E-state index contributed by atoms with van der Waals surface area (Å²) in [6.45, 7) is 6.04. The molecule has 1 aromatic rings. The zero-order chi connectivity index (χ0) is 12.8. The van der Waals surface area contributed by atoms with E-state index in [9.17, 15) is 0 Å². The van der Waals surface area contributed by atoms with Crippen molar-refractivity contribution in [3.05, 3.63) is 18.2 Å². The average molecular weight is 249 g/mol. The van der Waals surface area contributed by atoms with Crippen molar-refractivity contribution in [2.24, 2.45) is 5.92 Å². The molecule has 1 N–H and O–H groups in total. The zero-order valence-electron chi connectivity index (χ0n) is 11.4. The molecule has 2 heterocycles. The Morgan fingerprint density at radius 2 is 2.17 bits per heavy atom. The van der Waals surface area contributed by atoms with Crippen LogP contribution < -0.4 is 10.2 Å². The number of anilines is 2. The number of aromatic nitrogens is 1. The van der Waals surface area contributed by atoms with Crippen LogP contribution in [0.4, 0.5) is 11.6 Å². The van der Waals surface area contributed by atoms with Crippen molar-refractivity contribution >= 4 is 11.6 Å². The molecule has 100 valence electrons. The van der Waals surface area contributed by atoms with Crippen molar-refractivity contribution in [1.82, 2.24) is 4.98 Å². The topological polar surface area (TPSA) is 37.4 Å².